The molecule has 1 aliphatic heterocycles. The Morgan fingerprint density at radius 1 is 1.06 bits per heavy atom. The molecule has 0 atom stereocenters. The summed E-state index contributed by atoms with van der Waals surface area (Å²) in [5, 5.41) is -0.305. The summed E-state index contributed by atoms with van der Waals surface area (Å²) in [5.74, 6) is 0.410. The monoisotopic (exact) mass is 653 g/mol. The van der Waals surface area contributed by atoms with Crippen molar-refractivity contribution in [1.29, 1.82) is 0 Å². The highest BCUT2D eigenvalue weighted by atomic mass is 127. The van der Waals surface area contributed by atoms with Crippen LogP contribution in [-0.4, -0.2) is 23.2 Å². The van der Waals surface area contributed by atoms with Crippen LogP contribution in [0.1, 0.15) is 16.7 Å². The van der Waals surface area contributed by atoms with E-state index in [9.17, 15) is 14.0 Å². The van der Waals surface area contributed by atoms with Crippen LogP contribution in [0.4, 0.5) is 9.18 Å². The van der Waals surface area contributed by atoms with Gasteiger partial charge < -0.3 is 9.47 Å². The normalized spacial score (nSPS) is 14.7. The van der Waals surface area contributed by atoms with E-state index in [1.807, 2.05) is 30.3 Å². The number of hydrogen-bond acceptors (Lipinski definition) is 5. The number of methoxy groups -OCH3 is 1. The lowest BCUT2D eigenvalue weighted by Gasteiger charge is -2.14. The highest BCUT2D eigenvalue weighted by molar-refractivity contribution is 14.1. The van der Waals surface area contributed by atoms with Gasteiger partial charge in [-0.05, 0) is 93.5 Å². The number of amides is 2. The van der Waals surface area contributed by atoms with Crippen LogP contribution in [0.3, 0.4) is 0 Å². The fraction of sp³-hybridized carbons (Fsp3) is 0.120. The highest BCUT2D eigenvalue weighted by Gasteiger charge is 2.35. The molecule has 0 aromatic heterocycles. The van der Waals surface area contributed by atoms with E-state index in [0.29, 0.717) is 22.0 Å². The molecule has 0 unspecified atom stereocenters. The predicted molar refractivity (Wildman–Crippen MR) is 142 cm³/mol. The molecule has 3 aromatic rings. The van der Waals surface area contributed by atoms with Crippen molar-refractivity contribution in [2.45, 2.75) is 13.2 Å². The number of imide groups is 1. The molecule has 1 heterocycles. The van der Waals surface area contributed by atoms with Gasteiger partial charge in [0.25, 0.3) is 11.1 Å². The molecule has 174 valence electrons. The molecule has 3 aromatic carbocycles. The number of carbonyl (C=O) groups excluding carboxylic acids is 2. The van der Waals surface area contributed by atoms with Gasteiger partial charge in [0.2, 0.25) is 0 Å². The molecule has 4 rings (SSSR count). The number of thioether (sulfide) groups is 1. The number of carbonyl (C=O) groups is 2. The Bertz CT molecular complexity index is 1270. The van der Waals surface area contributed by atoms with Crippen LogP contribution in [0.2, 0.25) is 0 Å². The molecule has 0 aliphatic carbocycles. The second kappa shape index (κ2) is 10.9. The molecule has 9 heteroatoms. The molecule has 0 N–H and O–H groups in total. The van der Waals surface area contributed by atoms with Gasteiger partial charge in [0.05, 0.1) is 22.1 Å². The predicted octanol–water partition coefficient (Wildman–Crippen LogP) is 7.02. The smallest absolute Gasteiger partial charge is 0.293 e. The van der Waals surface area contributed by atoms with Gasteiger partial charge >= 0.3 is 0 Å². The Morgan fingerprint density at radius 3 is 2.41 bits per heavy atom. The third kappa shape index (κ3) is 5.81. The number of hydrogen-bond donors (Lipinski definition) is 0. The van der Waals surface area contributed by atoms with Crippen LogP contribution in [0.25, 0.3) is 6.08 Å². The first-order valence-corrected chi connectivity index (χ1v) is 12.8. The molecule has 2 amide bonds. The van der Waals surface area contributed by atoms with E-state index >= 15 is 0 Å². The van der Waals surface area contributed by atoms with Crippen molar-refractivity contribution < 1.29 is 23.5 Å². The first-order valence-electron chi connectivity index (χ1n) is 10.1. The van der Waals surface area contributed by atoms with Crippen molar-refractivity contribution >= 4 is 67.5 Å². The molecule has 1 saturated heterocycles. The standard InChI is InChI=1S/C25H18BrFINO4S/c1-32-21-11-17(10-20(28)23(21)33-14-16-4-8-19(27)9-5-16)12-22-24(30)29(25(31)34-22)13-15-2-6-18(26)7-3-15/h2-12H,13-14H2,1H3/b22-12-. The Kier molecular flexibility index (Phi) is 7.95. The van der Waals surface area contributed by atoms with Crippen molar-refractivity contribution in [3.63, 3.8) is 0 Å². The summed E-state index contributed by atoms with van der Waals surface area (Å²) in [5.41, 5.74) is 2.40. The zero-order chi connectivity index (χ0) is 24.2. The number of ether oxygens (including phenoxy) is 2. The summed E-state index contributed by atoms with van der Waals surface area (Å²) in [6.45, 7) is 0.466. The summed E-state index contributed by atoms with van der Waals surface area (Å²) in [7, 11) is 1.53. The zero-order valence-corrected chi connectivity index (χ0v) is 22.4. The van der Waals surface area contributed by atoms with Crippen molar-refractivity contribution in [1.82, 2.24) is 4.90 Å². The summed E-state index contributed by atoms with van der Waals surface area (Å²) in [4.78, 5) is 27.0. The van der Waals surface area contributed by atoms with E-state index in [2.05, 4.69) is 38.5 Å². The van der Waals surface area contributed by atoms with Gasteiger partial charge in [-0.25, -0.2) is 4.39 Å². The van der Waals surface area contributed by atoms with Crippen molar-refractivity contribution in [2.24, 2.45) is 0 Å². The second-order valence-electron chi connectivity index (χ2n) is 7.34. The van der Waals surface area contributed by atoms with Crippen molar-refractivity contribution in [2.75, 3.05) is 7.11 Å². The number of rotatable bonds is 7. The minimum Gasteiger partial charge on any atom is -0.493 e. The van der Waals surface area contributed by atoms with E-state index < -0.39 is 0 Å². The molecule has 5 nitrogen and oxygen atoms in total. The zero-order valence-electron chi connectivity index (χ0n) is 17.9. The molecule has 34 heavy (non-hydrogen) atoms. The summed E-state index contributed by atoms with van der Waals surface area (Å²) >= 11 is 6.43. The minimum absolute atomic E-state index is 0.215. The van der Waals surface area contributed by atoms with Crippen molar-refractivity contribution in [3.8, 4) is 11.5 Å². The minimum atomic E-state index is -0.330. The number of nitrogens with zero attached hydrogens (tertiary/aromatic N) is 1. The molecule has 0 spiro atoms. The SMILES string of the molecule is COc1cc(/C=C2\SC(=O)N(Cc3ccc(Br)cc3)C2=O)cc(I)c1OCc1ccc(F)cc1. The summed E-state index contributed by atoms with van der Waals surface area (Å²) in [6.07, 6.45) is 1.68. The van der Waals surface area contributed by atoms with E-state index in [-0.39, 0.29) is 30.1 Å². The topological polar surface area (TPSA) is 55.8 Å². The Hall–Kier alpha value is -2.37. The Labute approximate surface area is 222 Å². The van der Waals surface area contributed by atoms with Gasteiger partial charge in [-0.2, -0.15) is 0 Å². The lowest BCUT2D eigenvalue weighted by atomic mass is 10.1. The average Bonchev–Trinajstić information content (AvgIpc) is 3.07. The Morgan fingerprint density at radius 2 is 1.74 bits per heavy atom. The Balaban J connectivity index is 1.52. The van der Waals surface area contributed by atoms with Gasteiger partial charge in [0, 0.05) is 4.47 Å². The van der Waals surface area contributed by atoms with E-state index in [4.69, 9.17) is 9.47 Å². The van der Waals surface area contributed by atoms with Gasteiger partial charge in [-0.1, -0.05) is 40.2 Å². The van der Waals surface area contributed by atoms with Gasteiger partial charge in [-0.3, -0.25) is 14.5 Å². The molecular formula is C25H18BrFINO4S. The fourth-order valence-electron chi connectivity index (χ4n) is 3.26. The van der Waals surface area contributed by atoms with E-state index in [1.165, 1.54) is 24.1 Å². The first-order chi connectivity index (χ1) is 16.3. The maximum absolute atomic E-state index is 13.1. The van der Waals surface area contributed by atoms with Gasteiger partial charge in [0.1, 0.15) is 12.4 Å². The second-order valence-corrected chi connectivity index (χ2v) is 10.4. The molecular weight excluding hydrogens is 636 g/mol. The van der Waals surface area contributed by atoms with Crippen LogP contribution in [0.5, 0.6) is 11.5 Å². The fourth-order valence-corrected chi connectivity index (χ4v) is 5.14. The van der Waals surface area contributed by atoms with E-state index in [1.54, 1.807) is 24.3 Å². The molecule has 0 radical (unpaired) electrons. The maximum Gasteiger partial charge on any atom is 0.293 e. The first kappa shape index (κ1) is 24.7. The lowest BCUT2D eigenvalue weighted by Crippen LogP contribution is -2.27. The molecule has 0 bridgehead atoms. The van der Waals surface area contributed by atoms with Crippen LogP contribution < -0.4 is 9.47 Å². The molecule has 0 saturated carbocycles. The quantitative estimate of drug-likeness (QED) is 0.203. The van der Waals surface area contributed by atoms with Gasteiger partial charge in [-0.15, -0.1) is 0 Å². The number of halogens is 3. The van der Waals surface area contributed by atoms with Crippen LogP contribution in [0, 0.1) is 9.39 Å². The average molecular weight is 654 g/mol. The largest absolute Gasteiger partial charge is 0.493 e. The summed E-state index contributed by atoms with van der Waals surface area (Å²) in [6, 6.07) is 17.2. The third-order valence-electron chi connectivity index (χ3n) is 4.97. The van der Waals surface area contributed by atoms with Crippen LogP contribution >= 0.6 is 50.3 Å². The third-order valence-corrected chi connectivity index (χ3v) is 7.21. The lowest BCUT2D eigenvalue weighted by molar-refractivity contribution is -0.123. The van der Waals surface area contributed by atoms with Crippen LogP contribution in [-0.2, 0) is 17.9 Å². The molecule has 1 fully saturated rings. The molecule has 1 aliphatic rings. The number of benzene rings is 3. The van der Waals surface area contributed by atoms with Crippen molar-refractivity contribution in [3.05, 3.63) is 96.1 Å². The highest BCUT2D eigenvalue weighted by Crippen LogP contribution is 2.38. The van der Waals surface area contributed by atoms with E-state index in [0.717, 1.165) is 30.9 Å². The maximum atomic E-state index is 13.1. The van der Waals surface area contributed by atoms with Gasteiger partial charge in [0.15, 0.2) is 11.5 Å². The summed E-state index contributed by atoms with van der Waals surface area (Å²) < 4.78 is 26.3. The van der Waals surface area contributed by atoms with Crippen LogP contribution in [0.15, 0.2) is 70.0 Å².